The Labute approximate surface area is 72.0 Å². The first-order chi connectivity index (χ1) is 5.54. The Kier molecular flexibility index (Phi) is 8.45. The molecule has 0 radical (unpaired) electrons. The summed E-state index contributed by atoms with van der Waals surface area (Å²) in [5, 5.41) is 16.3. The fourth-order valence-electron chi connectivity index (χ4n) is 0.337. The highest BCUT2D eigenvalue weighted by Crippen LogP contribution is 2.06. The van der Waals surface area contributed by atoms with Gasteiger partial charge in [-0.3, -0.25) is 0 Å². The monoisotopic (exact) mass is 174 g/mol. The summed E-state index contributed by atoms with van der Waals surface area (Å²) in [6.07, 6.45) is 2.92. The van der Waals surface area contributed by atoms with E-state index in [9.17, 15) is 0 Å². The van der Waals surface area contributed by atoms with Crippen molar-refractivity contribution in [3.05, 3.63) is 38.5 Å². The summed E-state index contributed by atoms with van der Waals surface area (Å²) in [5.41, 5.74) is 0. The highest BCUT2D eigenvalue weighted by atomic mass is 16.8. The van der Waals surface area contributed by atoms with Crippen LogP contribution in [0.5, 0.6) is 0 Å². The molecule has 2 N–H and O–H groups in total. The molecule has 0 spiro atoms. The summed E-state index contributed by atoms with van der Waals surface area (Å²) in [4.78, 5) is 0. The molecule has 0 saturated heterocycles. The Morgan fingerprint density at radius 2 is 1.42 bits per heavy atom. The summed E-state index contributed by atoms with van der Waals surface area (Å²) in [7, 11) is 0. The Morgan fingerprint density at radius 3 is 1.58 bits per heavy atom. The van der Waals surface area contributed by atoms with Crippen LogP contribution in [0.1, 0.15) is 6.92 Å². The minimum absolute atomic E-state index is 0.750. The van der Waals surface area contributed by atoms with E-state index in [4.69, 9.17) is 10.2 Å². The smallest absolute Gasteiger partial charge is 0.364 e. The number of rotatable bonds is 4. The number of aliphatic hydroxyl groups excluding tert-OH is 1. The molecule has 4 heteroatoms. The SMILES string of the molecule is C=CO.C=COC(C)(O)OC=C. The van der Waals surface area contributed by atoms with E-state index < -0.39 is 5.97 Å². The van der Waals surface area contributed by atoms with E-state index in [0.717, 1.165) is 18.8 Å². The number of hydrogen-bond acceptors (Lipinski definition) is 4. The van der Waals surface area contributed by atoms with E-state index in [1.54, 1.807) is 0 Å². The summed E-state index contributed by atoms with van der Waals surface area (Å²) in [6, 6.07) is 0. The van der Waals surface area contributed by atoms with Gasteiger partial charge in [-0.15, -0.1) is 0 Å². The molecule has 0 amide bonds. The second kappa shape index (κ2) is 7.68. The van der Waals surface area contributed by atoms with Crippen molar-refractivity contribution in [1.82, 2.24) is 0 Å². The minimum atomic E-state index is -1.64. The zero-order chi connectivity index (χ0) is 10.0. The van der Waals surface area contributed by atoms with Gasteiger partial charge in [0.1, 0.15) is 0 Å². The van der Waals surface area contributed by atoms with Gasteiger partial charge in [0.05, 0.1) is 18.8 Å². The topological polar surface area (TPSA) is 58.9 Å². The van der Waals surface area contributed by atoms with Gasteiger partial charge in [0.2, 0.25) is 0 Å². The lowest BCUT2D eigenvalue weighted by atomic mass is 10.6. The van der Waals surface area contributed by atoms with Crippen molar-refractivity contribution in [1.29, 1.82) is 0 Å². The van der Waals surface area contributed by atoms with Crippen molar-refractivity contribution in [2.45, 2.75) is 12.9 Å². The Morgan fingerprint density at radius 1 is 1.17 bits per heavy atom. The van der Waals surface area contributed by atoms with E-state index in [0.29, 0.717) is 0 Å². The average molecular weight is 174 g/mol. The third-order valence-electron chi connectivity index (χ3n) is 0.604. The lowest BCUT2D eigenvalue weighted by Gasteiger charge is -2.19. The Balaban J connectivity index is 0. The van der Waals surface area contributed by atoms with Crippen LogP contribution in [0.15, 0.2) is 38.5 Å². The maximum absolute atomic E-state index is 8.93. The van der Waals surface area contributed by atoms with E-state index in [2.05, 4.69) is 29.2 Å². The van der Waals surface area contributed by atoms with Crippen molar-refractivity contribution in [3.8, 4) is 0 Å². The van der Waals surface area contributed by atoms with Gasteiger partial charge in [-0.2, -0.15) is 0 Å². The quantitative estimate of drug-likeness (QED) is 0.502. The van der Waals surface area contributed by atoms with Gasteiger partial charge < -0.3 is 19.7 Å². The van der Waals surface area contributed by atoms with Crippen LogP contribution >= 0.6 is 0 Å². The van der Waals surface area contributed by atoms with Gasteiger partial charge in [0.15, 0.2) is 0 Å². The molecule has 0 rings (SSSR count). The molecule has 0 saturated carbocycles. The predicted octanol–water partition coefficient (Wildman–Crippen LogP) is 1.66. The van der Waals surface area contributed by atoms with Crippen LogP contribution in [0.4, 0.5) is 0 Å². The fraction of sp³-hybridized carbons (Fsp3) is 0.250. The van der Waals surface area contributed by atoms with Crippen LogP contribution in [0.2, 0.25) is 0 Å². The molecular formula is C8H14O4. The summed E-state index contributed by atoms with van der Waals surface area (Å²) in [6.45, 7) is 10.7. The van der Waals surface area contributed by atoms with E-state index in [-0.39, 0.29) is 0 Å². The lowest BCUT2D eigenvalue weighted by Crippen LogP contribution is -2.27. The molecule has 0 fully saturated rings. The second-order valence-corrected chi connectivity index (χ2v) is 1.65. The summed E-state index contributed by atoms with van der Waals surface area (Å²) >= 11 is 0. The molecule has 0 aromatic rings. The highest BCUT2D eigenvalue weighted by molar-refractivity contribution is 4.58. The fourth-order valence-corrected chi connectivity index (χ4v) is 0.337. The van der Waals surface area contributed by atoms with Crippen molar-refractivity contribution in [2.75, 3.05) is 0 Å². The standard InChI is InChI=1S/C6H10O3.C2H4O/c1-4-8-6(3,7)9-5-2;1-2-3/h4-5,7H,1-2H2,3H3;2-3H,1H2. The molecule has 0 aliphatic carbocycles. The average Bonchev–Trinajstić information content (AvgIpc) is 1.88. The van der Waals surface area contributed by atoms with Gasteiger partial charge in [-0.05, 0) is 0 Å². The molecule has 70 valence electrons. The minimum Gasteiger partial charge on any atom is -0.516 e. The van der Waals surface area contributed by atoms with Crippen LogP contribution in [-0.4, -0.2) is 16.2 Å². The maximum atomic E-state index is 8.93. The number of aliphatic hydroxyl groups is 2. The van der Waals surface area contributed by atoms with Crippen molar-refractivity contribution < 1.29 is 19.7 Å². The van der Waals surface area contributed by atoms with Gasteiger partial charge in [0.25, 0.3) is 0 Å². The van der Waals surface area contributed by atoms with E-state index >= 15 is 0 Å². The van der Waals surface area contributed by atoms with Crippen molar-refractivity contribution in [3.63, 3.8) is 0 Å². The molecule has 0 unspecified atom stereocenters. The molecule has 0 aliphatic rings. The molecule has 4 nitrogen and oxygen atoms in total. The normalized spacial score (nSPS) is 8.50. The largest absolute Gasteiger partial charge is 0.516 e. The Bertz CT molecular complexity index is 128. The first kappa shape index (κ1) is 13.2. The molecule has 0 aliphatic heterocycles. The Hall–Kier alpha value is -1.42. The third kappa shape index (κ3) is 11.4. The molecule has 12 heavy (non-hydrogen) atoms. The van der Waals surface area contributed by atoms with Crippen LogP contribution in [0.25, 0.3) is 0 Å². The zero-order valence-electron chi connectivity index (χ0n) is 7.06. The molecule has 0 bridgehead atoms. The van der Waals surface area contributed by atoms with Crippen LogP contribution in [0.3, 0.4) is 0 Å². The molecule has 0 atom stereocenters. The van der Waals surface area contributed by atoms with Gasteiger partial charge >= 0.3 is 5.97 Å². The zero-order valence-corrected chi connectivity index (χ0v) is 7.06. The number of hydrogen-bond donors (Lipinski definition) is 2. The van der Waals surface area contributed by atoms with E-state index in [1.165, 1.54) is 6.92 Å². The molecule has 0 aromatic heterocycles. The van der Waals surface area contributed by atoms with Crippen molar-refractivity contribution >= 4 is 0 Å². The van der Waals surface area contributed by atoms with E-state index in [1.807, 2.05) is 0 Å². The van der Waals surface area contributed by atoms with Gasteiger partial charge in [0, 0.05) is 6.92 Å². The van der Waals surface area contributed by atoms with Crippen LogP contribution in [-0.2, 0) is 9.47 Å². The molecule has 0 heterocycles. The predicted molar refractivity (Wildman–Crippen MR) is 46.0 cm³/mol. The summed E-state index contributed by atoms with van der Waals surface area (Å²) in [5.74, 6) is -1.64. The highest BCUT2D eigenvalue weighted by Gasteiger charge is 2.19. The lowest BCUT2D eigenvalue weighted by molar-refractivity contribution is -0.302. The first-order valence-corrected chi connectivity index (χ1v) is 3.09. The third-order valence-corrected chi connectivity index (χ3v) is 0.604. The number of ether oxygens (including phenoxy) is 2. The first-order valence-electron chi connectivity index (χ1n) is 3.09. The van der Waals surface area contributed by atoms with Crippen molar-refractivity contribution in [2.24, 2.45) is 0 Å². The maximum Gasteiger partial charge on any atom is 0.364 e. The van der Waals surface area contributed by atoms with Gasteiger partial charge in [-0.25, -0.2) is 0 Å². The molecular weight excluding hydrogens is 160 g/mol. The molecule has 0 aromatic carbocycles. The van der Waals surface area contributed by atoms with Gasteiger partial charge in [-0.1, -0.05) is 19.7 Å². The second-order valence-electron chi connectivity index (χ2n) is 1.65. The van der Waals surface area contributed by atoms with Crippen LogP contribution < -0.4 is 0 Å². The van der Waals surface area contributed by atoms with Crippen LogP contribution in [0, 0.1) is 0 Å². The summed E-state index contributed by atoms with van der Waals surface area (Å²) < 4.78 is 8.99.